The van der Waals surface area contributed by atoms with Gasteiger partial charge in [0.05, 0.1) is 35.3 Å². The van der Waals surface area contributed by atoms with Gasteiger partial charge in [0.2, 0.25) is 21.8 Å². The second kappa shape index (κ2) is 10.2. The van der Waals surface area contributed by atoms with Gasteiger partial charge in [0.25, 0.3) is 5.56 Å². The van der Waals surface area contributed by atoms with Gasteiger partial charge in [-0.2, -0.15) is 4.98 Å². The molecule has 14 heteroatoms. The van der Waals surface area contributed by atoms with Crippen molar-refractivity contribution in [3.63, 3.8) is 0 Å². The maximum atomic E-state index is 14.0. The number of hydrogen-bond acceptors (Lipinski definition) is 7. The van der Waals surface area contributed by atoms with E-state index in [4.69, 9.17) is 16.3 Å². The number of aliphatic hydroxyl groups is 1. The van der Waals surface area contributed by atoms with Gasteiger partial charge in [-0.3, -0.25) is 19.1 Å². The highest BCUT2D eigenvalue weighted by Gasteiger charge is 2.37. The molecule has 0 unspecified atom stereocenters. The van der Waals surface area contributed by atoms with Gasteiger partial charge < -0.3 is 9.84 Å². The van der Waals surface area contributed by atoms with E-state index in [1.807, 2.05) is 0 Å². The first kappa shape index (κ1) is 28.5. The Kier molecular flexibility index (Phi) is 7.45. The summed E-state index contributed by atoms with van der Waals surface area (Å²) in [6.45, 7) is 3.75. The zero-order valence-corrected chi connectivity index (χ0v) is 23.0. The average molecular weight is 583 g/mol. The van der Waals surface area contributed by atoms with Gasteiger partial charge in [-0.25, -0.2) is 21.5 Å². The molecule has 0 saturated heterocycles. The van der Waals surface area contributed by atoms with Crippen LogP contribution in [0.15, 0.2) is 41.2 Å². The van der Waals surface area contributed by atoms with Crippen molar-refractivity contribution in [1.82, 2.24) is 9.55 Å². The number of sulfonamides is 1. The maximum absolute atomic E-state index is 14.0. The molecule has 208 valence electrons. The number of carbonyl (C=O) groups excluding carboxylic acids is 1. The van der Waals surface area contributed by atoms with E-state index in [2.05, 4.69) is 4.98 Å². The Labute approximate surface area is 228 Å². The third-order valence-corrected chi connectivity index (χ3v) is 7.31. The Balaban J connectivity index is 1.73. The second-order valence-electron chi connectivity index (χ2n) is 9.68. The summed E-state index contributed by atoms with van der Waals surface area (Å²) in [6.07, 6.45) is 0.727. The van der Waals surface area contributed by atoms with Crippen molar-refractivity contribution in [1.29, 1.82) is 0 Å². The summed E-state index contributed by atoms with van der Waals surface area (Å²) in [7, 11) is -3.76. The Bertz CT molecular complexity index is 1640. The molecule has 0 saturated carbocycles. The summed E-state index contributed by atoms with van der Waals surface area (Å²) in [6, 6.07) is 7.33. The van der Waals surface area contributed by atoms with Gasteiger partial charge in [-0.15, -0.1) is 0 Å². The molecule has 0 spiro atoms. The van der Waals surface area contributed by atoms with Crippen LogP contribution in [0, 0.1) is 18.6 Å². The fourth-order valence-electron chi connectivity index (χ4n) is 4.09. The number of anilines is 2. The van der Waals surface area contributed by atoms with Gasteiger partial charge in [0, 0.05) is 11.6 Å². The fourth-order valence-corrected chi connectivity index (χ4v) is 5.11. The predicted octanol–water partition coefficient (Wildman–Crippen LogP) is 3.28. The minimum absolute atomic E-state index is 0.0287. The normalized spacial score (nSPS) is 13.5. The monoisotopic (exact) mass is 582 g/mol. The Morgan fingerprint density at radius 1 is 1.18 bits per heavy atom. The van der Waals surface area contributed by atoms with Gasteiger partial charge in [0.15, 0.2) is 5.02 Å². The summed E-state index contributed by atoms with van der Waals surface area (Å²) in [5, 5.41) is 9.72. The summed E-state index contributed by atoms with van der Waals surface area (Å²) < 4.78 is 59.6. The highest BCUT2D eigenvalue weighted by Crippen LogP contribution is 2.40. The largest absolute Gasteiger partial charge is 0.471 e. The van der Waals surface area contributed by atoms with Crippen molar-refractivity contribution in [3.05, 3.63) is 74.8 Å². The SMILES string of the molecule is Cc1nc(OCc2ccc(F)cc2F)c(Cl)c(=O)n1-c1ccc2c(c1)N(C(=O)CC(C)(C)O)CN2S(C)(=O)=O. The summed E-state index contributed by atoms with van der Waals surface area (Å²) in [4.78, 5) is 31.6. The molecule has 10 nitrogen and oxygen atoms in total. The van der Waals surface area contributed by atoms with Crippen molar-refractivity contribution in [3.8, 4) is 11.6 Å². The van der Waals surface area contributed by atoms with E-state index in [-0.39, 0.29) is 54.0 Å². The fraction of sp³-hybridized carbons (Fsp3) is 0.320. The van der Waals surface area contributed by atoms with Crippen LogP contribution in [-0.4, -0.2) is 47.5 Å². The number of hydrogen-bond donors (Lipinski definition) is 1. The lowest BCUT2D eigenvalue weighted by Crippen LogP contribution is -2.40. The highest BCUT2D eigenvalue weighted by molar-refractivity contribution is 7.92. The number of aromatic nitrogens is 2. The smallest absolute Gasteiger partial charge is 0.280 e. The number of ether oxygens (including phenoxy) is 1. The lowest BCUT2D eigenvalue weighted by Gasteiger charge is -2.23. The van der Waals surface area contributed by atoms with Crippen molar-refractivity contribution >= 4 is 38.9 Å². The number of carbonyl (C=O) groups is 1. The molecule has 1 aromatic heterocycles. The standard InChI is InChI=1S/C25H25ClF2N4O6S/c1-14-29-23(38-12-15-5-6-16(27)9-18(15)28)22(26)24(34)32(14)17-7-8-19-20(10-17)30(13-31(19)39(4,36)37)21(33)11-25(2,3)35/h5-10,35H,11-13H2,1-4H3. The molecular weight excluding hydrogens is 558 g/mol. The van der Waals surface area contributed by atoms with Crippen LogP contribution in [0.25, 0.3) is 5.69 Å². The third kappa shape index (κ3) is 5.89. The molecule has 0 aliphatic carbocycles. The van der Waals surface area contributed by atoms with Crippen molar-refractivity contribution in [2.75, 3.05) is 22.1 Å². The number of aryl methyl sites for hydroxylation is 1. The van der Waals surface area contributed by atoms with Gasteiger partial charge in [-0.1, -0.05) is 11.6 Å². The molecule has 1 aliphatic rings. The zero-order chi connectivity index (χ0) is 28.9. The van der Waals surface area contributed by atoms with Crippen molar-refractivity contribution < 1.29 is 31.8 Å². The number of halogens is 3. The van der Waals surface area contributed by atoms with Crippen LogP contribution < -0.4 is 19.5 Å². The van der Waals surface area contributed by atoms with E-state index in [1.54, 1.807) is 0 Å². The Morgan fingerprint density at radius 2 is 1.87 bits per heavy atom. The van der Waals surface area contributed by atoms with Gasteiger partial charge in [-0.05, 0) is 51.1 Å². The molecule has 1 aliphatic heterocycles. The molecule has 2 aromatic carbocycles. The molecule has 4 rings (SSSR count). The topological polar surface area (TPSA) is 122 Å². The average Bonchev–Trinajstić information content (AvgIpc) is 3.20. The van der Waals surface area contributed by atoms with E-state index in [0.717, 1.165) is 21.2 Å². The van der Waals surface area contributed by atoms with Gasteiger partial charge >= 0.3 is 0 Å². The molecule has 0 bridgehead atoms. The maximum Gasteiger partial charge on any atom is 0.280 e. The van der Waals surface area contributed by atoms with E-state index in [9.17, 15) is 31.9 Å². The highest BCUT2D eigenvalue weighted by atomic mass is 35.5. The summed E-state index contributed by atoms with van der Waals surface area (Å²) in [5.41, 5.74) is -1.38. The van der Waals surface area contributed by atoms with Crippen molar-refractivity contribution in [2.45, 2.75) is 39.4 Å². The number of fused-ring (bicyclic) bond motifs is 1. The van der Waals surface area contributed by atoms with Crippen LogP contribution in [0.3, 0.4) is 0 Å². The van der Waals surface area contributed by atoms with Crippen LogP contribution >= 0.6 is 11.6 Å². The lowest BCUT2D eigenvalue weighted by atomic mass is 10.0. The van der Waals surface area contributed by atoms with Crippen LogP contribution in [0.4, 0.5) is 20.2 Å². The minimum Gasteiger partial charge on any atom is -0.471 e. The van der Waals surface area contributed by atoms with E-state index < -0.39 is 43.7 Å². The molecule has 0 fully saturated rings. The molecule has 2 heterocycles. The number of nitrogens with zero attached hydrogens (tertiary/aromatic N) is 4. The number of amides is 1. The Hall–Kier alpha value is -3.55. The quantitative estimate of drug-likeness (QED) is 0.454. The number of benzene rings is 2. The minimum atomic E-state index is -3.76. The molecule has 1 N–H and O–H groups in total. The Morgan fingerprint density at radius 3 is 2.49 bits per heavy atom. The van der Waals surface area contributed by atoms with Gasteiger partial charge in [0.1, 0.15) is 30.7 Å². The molecular formula is C25H25ClF2N4O6S. The van der Waals surface area contributed by atoms with E-state index in [0.29, 0.717) is 6.07 Å². The third-order valence-electron chi connectivity index (χ3n) is 5.88. The molecule has 3 aromatic rings. The van der Waals surface area contributed by atoms with E-state index >= 15 is 0 Å². The zero-order valence-electron chi connectivity index (χ0n) is 21.4. The lowest BCUT2D eigenvalue weighted by molar-refractivity contribution is -0.122. The summed E-state index contributed by atoms with van der Waals surface area (Å²) in [5.74, 6) is -2.23. The summed E-state index contributed by atoms with van der Waals surface area (Å²) >= 11 is 6.25. The van der Waals surface area contributed by atoms with Crippen LogP contribution in [-0.2, 0) is 21.4 Å². The molecule has 39 heavy (non-hydrogen) atoms. The first-order valence-corrected chi connectivity index (χ1v) is 13.8. The van der Waals surface area contributed by atoms with Crippen LogP contribution in [0.5, 0.6) is 5.88 Å². The van der Waals surface area contributed by atoms with E-state index in [1.165, 1.54) is 49.9 Å². The van der Waals surface area contributed by atoms with Crippen molar-refractivity contribution in [2.24, 2.45) is 0 Å². The molecule has 0 atom stereocenters. The van der Waals surface area contributed by atoms with Crippen LogP contribution in [0.2, 0.25) is 5.02 Å². The predicted molar refractivity (Wildman–Crippen MR) is 141 cm³/mol. The first-order valence-electron chi connectivity index (χ1n) is 11.6. The first-order chi connectivity index (χ1) is 18.1. The molecule has 0 radical (unpaired) electrons. The van der Waals surface area contributed by atoms with Crippen LogP contribution in [0.1, 0.15) is 31.7 Å². The number of rotatable bonds is 7. The second-order valence-corrected chi connectivity index (χ2v) is 12.0. The molecule has 1 amide bonds.